The normalized spacial score (nSPS) is 20.4. The SMILES string of the molecule is COC(=O)/C(=C/C(c1ccccc1)C1CCCCC1=O)OC. The first-order chi connectivity index (χ1) is 10.7. The van der Waals surface area contributed by atoms with Crippen molar-refractivity contribution in [3.8, 4) is 0 Å². The zero-order valence-electron chi connectivity index (χ0n) is 13.1. The molecule has 2 unspecified atom stereocenters. The van der Waals surface area contributed by atoms with Gasteiger partial charge in [-0.3, -0.25) is 4.79 Å². The van der Waals surface area contributed by atoms with Crippen LogP contribution in [-0.2, 0) is 19.1 Å². The van der Waals surface area contributed by atoms with Crippen LogP contribution in [0.2, 0.25) is 0 Å². The zero-order valence-corrected chi connectivity index (χ0v) is 13.1. The quantitative estimate of drug-likeness (QED) is 0.476. The number of ether oxygens (including phenoxy) is 2. The summed E-state index contributed by atoms with van der Waals surface area (Å²) in [5.74, 6) is -0.382. The molecule has 118 valence electrons. The third-order valence-electron chi connectivity index (χ3n) is 4.16. The van der Waals surface area contributed by atoms with Gasteiger partial charge in [-0.1, -0.05) is 36.8 Å². The standard InChI is InChI=1S/C18H22O4/c1-21-17(18(20)22-2)12-15(13-8-4-3-5-9-13)14-10-6-7-11-16(14)19/h3-5,8-9,12,14-15H,6-7,10-11H2,1-2H3/b17-12-. The van der Waals surface area contributed by atoms with E-state index in [0.717, 1.165) is 24.8 Å². The number of carbonyl (C=O) groups is 2. The summed E-state index contributed by atoms with van der Waals surface area (Å²) in [6.07, 6.45) is 5.17. The Morgan fingerprint density at radius 1 is 1.18 bits per heavy atom. The molecule has 0 N–H and O–H groups in total. The van der Waals surface area contributed by atoms with Crippen LogP contribution in [0.1, 0.15) is 37.2 Å². The minimum Gasteiger partial charge on any atom is -0.490 e. The first-order valence-electron chi connectivity index (χ1n) is 7.59. The number of esters is 1. The highest BCUT2D eigenvalue weighted by Gasteiger charge is 2.31. The van der Waals surface area contributed by atoms with Crippen LogP contribution in [0.25, 0.3) is 0 Å². The van der Waals surface area contributed by atoms with Crippen LogP contribution in [0.5, 0.6) is 0 Å². The Balaban J connectivity index is 2.39. The first kappa shape index (κ1) is 16.3. The molecule has 0 heterocycles. The topological polar surface area (TPSA) is 52.6 Å². The molecule has 1 aromatic carbocycles. The number of hydrogen-bond donors (Lipinski definition) is 0. The van der Waals surface area contributed by atoms with E-state index in [-0.39, 0.29) is 23.4 Å². The van der Waals surface area contributed by atoms with Crippen LogP contribution in [0.15, 0.2) is 42.2 Å². The monoisotopic (exact) mass is 302 g/mol. The van der Waals surface area contributed by atoms with Crippen molar-refractivity contribution < 1.29 is 19.1 Å². The van der Waals surface area contributed by atoms with Gasteiger partial charge < -0.3 is 9.47 Å². The van der Waals surface area contributed by atoms with Crippen molar-refractivity contribution in [2.24, 2.45) is 5.92 Å². The van der Waals surface area contributed by atoms with Crippen molar-refractivity contribution in [1.29, 1.82) is 0 Å². The van der Waals surface area contributed by atoms with Gasteiger partial charge in [-0.15, -0.1) is 0 Å². The van der Waals surface area contributed by atoms with Crippen molar-refractivity contribution in [2.75, 3.05) is 14.2 Å². The van der Waals surface area contributed by atoms with Gasteiger partial charge in [-0.05, 0) is 24.5 Å². The summed E-state index contributed by atoms with van der Waals surface area (Å²) in [7, 11) is 2.76. The van der Waals surface area contributed by atoms with Crippen LogP contribution < -0.4 is 0 Å². The second kappa shape index (κ2) is 7.78. The fraction of sp³-hybridized carbons (Fsp3) is 0.444. The molecule has 22 heavy (non-hydrogen) atoms. The van der Waals surface area contributed by atoms with Gasteiger partial charge >= 0.3 is 5.97 Å². The van der Waals surface area contributed by atoms with E-state index in [1.54, 1.807) is 6.08 Å². The summed E-state index contributed by atoms with van der Waals surface area (Å²) < 4.78 is 9.89. The lowest BCUT2D eigenvalue weighted by atomic mass is 9.75. The van der Waals surface area contributed by atoms with Crippen molar-refractivity contribution >= 4 is 11.8 Å². The van der Waals surface area contributed by atoms with E-state index < -0.39 is 5.97 Å². The fourth-order valence-electron chi connectivity index (χ4n) is 2.99. The smallest absolute Gasteiger partial charge is 0.372 e. The van der Waals surface area contributed by atoms with Crippen molar-refractivity contribution in [2.45, 2.75) is 31.6 Å². The number of allylic oxidation sites excluding steroid dienone is 1. The molecule has 0 aliphatic heterocycles. The van der Waals surface area contributed by atoms with E-state index in [2.05, 4.69) is 0 Å². The molecule has 1 aliphatic carbocycles. The van der Waals surface area contributed by atoms with Gasteiger partial charge in [0.25, 0.3) is 0 Å². The Morgan fingerprint density at radius 3 is 2.50 bits per heavy atom. The van der Waals surface area contributed by atoms with Crippen LogP contribution in [0.4, 0.5) is 0 Å². The molecule has 0 aromatic heterocycles. The van der Waals surface area contributed by atoms with Crippen molar-refractivity contribution in [3.63, 3.8) is 0 Å². The molecule has 2 atom stereocenters. The highest BCUT2D eigenvalue weighted by Crippen LogP contribution is 2.35. The molecule has 1 aliphatic rings. The number of carbonyl (C=O) groups excluding carboxylic acids is 2. The Morgan fingerprint density at radius 2 is 1.91 bits per heavy atom. The number of rotatable bonds is 5. The third-order valence-corrected chi connectivity index (χ3v) is 4.16. The van der Waals surface area contributed by atoms with Gasteiger partial charge in [0.2, 0.25) is 5.76 Å². The number of Topliss-reactive ketones (excluding diaryl/α,β-unsaturated/α-hetero) is 1. The summed E-state index contributed by atoms with van der Waals surface area (Å²) in [4.78, 5) is 24.1. The number of benzene rings is 1. The van der Waals surface area contributed by atoms with Gasteiger partial charge in [-0.2, -0.15) is 0 Å². The molecular formula is C18H22O4. The summed E-state index contributed by atoms with van der Waals surface area (Å²) in [5.41, 5.74) is 1.02. The molecule has 1 saturated carbocycles. The maximum absolute atomic E-state index is 12.3. The van der Waals surface area contributed by atoms with Crippen LogP contribution in [0.3, 0.4) is 0 Å². The summed E-state index contributed by atoms with van der Waals surface area (Å²) in [5, 5.41) is 0. The average Bonchev–Trinajstić information content (AvgIpc) is 2.57. The van der Waals surface area contributed by atoms with Gasteiger partial charge in [0.05, 0.1) is 14.2 Å². The van der Waals surface area contributed by atoms with Gasteiger partial charge in [0.1, 0.15) is 5.78 Å². The summed E-state index contributed by atoms with van der Waals surface area (Å²) in [6.45, 7) is 0. The third kappa shape index (κ3) is 3.75. The predicted octanol–water partition coefficient (Wildman–Crippen LogP) is 3.23. The van der Waals surface area contributed by atoms with E-state index in [1.807, 2.05) is 30.3 Å². The lowest BCUT2D eigenvalue weighted by molar-refractivity contribution is -0.139. The van der Waals surface area contributed by atoms with Crippen LogP contribution in [0, 0.1) is 5.92 Å². The lowest BCUT2D eigenvalue weighted by Crippen LogP contribution is -2.25. The molecule has 1 fully saturated rings. The highest BCUT2D eigenvalue weighted by atomic mass is 16.6. The van der Waals surface area contributed by atoms with E-state index in [0.29, 0.717) is 6.42 Å². The summed E-state index contributed by atoms with van der Waals surface area (Å²) in [6, 6.07) is 9.77. The van der Waals surface area contributed by atoms with Crippen molar-refractivity contribution in [3.05, 3.63) is 47.7 Å². The summed E-state index contributed by atoms with van der Waals surface area (Å²) >= 11 is 0. The van der Waals surface area contributed by atoms with E-state index in [1.165, 1.54) is 14.2 Å². The van der Waals surface area contributed by atoms with Crippen LogP contribution in [-0.4, -0.2) is 26.0 Å². The minimum atomic E-state index is -0.522. The molecule has 0 spiro atoms. The highest BCUT2D eigenvalue weighted by molar-refractivity contribution is 5.87. The number of ketones is 1. The molecule has 0 amide bonds. The molecule has 0 radical (unpaired) electrons. The molecule has 0 bridgehead atoms. The molecule has 0 saturated heterocycles. The van der Waals surface area contributed by atoms with E-state index in [4.69, 9.17) is 9.47 Å². The maximum Gasteiger partial charge on any atom is 0.372 e. The lowest BCUT2D eigenvalue weighted by Gasteiger charge is -2.27. The maximum atomic E-state index is 12.3. The van der Waals surface area contributed by atoms with Crippen molar-refractivity contribution in [1.82, 2.24) is 0 Å². The molecule has 2 rings (SSSR count). The Bertz CT molecular complexity index is 547. The Kier molecular flexibility index (Phi) is 5.75. The second-order valence-electron chi connectivity index (χ2n) is 5.48. The number of methoxy groups -OCH3 is 2. The van der Waals surface area contributed by atoms with E-state index >= 15 is 0 Å². The fourth-order valence-corrected chi connectivity index (χ4v) is 2.99. The van der Waals surface area contributed by atoms with Gasteiger partial charge in [-0.25, -0.2) is 4.79 Å². The first-order valence-corrected chi connectivity index (χ1v) is 7.59. The predicted molar refractivity (Wildman–Crippen MR) is 83.3 cm³/mol. The van der Waals surface area contributed by atoms with Gasteiger partial charge in [0.15, 0.2) is 0 Å². The molecule has 4 nitrogen and oxygen atoms in total. The molecule has 1 aromatic rings. The average molecular weight is 302 g/mol. The number of hydrogen-bond acceptors (Lipinski definition) is 4. The van der Waals surface area contributed by atoms with E-state index in [9.17, 15) is 9.59 Å². The molecule has 4 heteroatoms. The second-order valence-corrected chi connectivity index (χ2v) is 5.48. The van der Waals surface area contributed by atoms with Gasteiger partial charge in [0, 0.05) is 18.3 Å². The minimum absolute atomic E-state index is 0.106. The Hall–Kier alpha value is -2.10. The largest absolute Gasteiger partial charge is 0.490 e. The molecular weight excluding hydrogens is 280 g/mol. The Labute approximate surface area is 131 Å². The zero-order chi connectivity index (χ0) is 15.9. The van der Waals surface area contributed by atoms with Crippen LogP contribution >= 0.6 is 0 Å².